The van der Waals surface area contributed by atoms with E-state index in [2.05, 4.69) is 27.5 Å². The molecule has 2 aromatic rings. The maximum atomic E-state index is 4.27. The van der Waals surface area contributed by atoms with E-state index in [1.807, 2.05) is 41.2 Å². The maximum absolute atomic E-state index is 4.27. The molecular weight excluding hydrogens is 274 g/mol. The van der Waals surface area contributed by atoms with Crippen molar-refractivity contribution in [2.75, 3.05) is 19.6 Å². The predicted octanol–water partition coefficient (Wildman–Crippen LogP) is 1.48. The summed E-state index contributed by atoms with van der Waals surface area (Å²) in [6, 6.07) is 10.6. The van der Waals surface area contributed by atoms with Crippen molar-refractivity contribution in [2.24, 2.45) is 0 Å². The number of piperazine rings is 1. The molecule has 1 N–H and O–H groups in total. The van der Waals surface area contributed by atoms with E-state index >= 15 is 0 Å². The molecule has 0 amide bonds. The number of benzene rings is 1. The van der Waals surface area contributed by atoms with E-state index in [1.54, 1.807) is 0 Å². The maximum Gasteiger partial charge on any atom is 0.0971 e. The number of hydrogen-bond acceptors (Lipinski definition) is 4. The summed E-state index contributed by atoms with van der Waals surface area (Å²) in [5.74, 6) is 0. The number of hydrogen-bond donors (Lipinski definition) is 1. The van der Waals surface area contributed by atoms with Crippen molar-refractivity contribution in [1.82, 2.24) is 25.2 Å². The average Bonchev–Trinajstić information content (AvgIpc) is 2.91. The van der Waals surface area contributed by atoms with Gasteiger partial charge in [0.2, 0.25) is 0 Å². The first-order chi connectivity index (χ1) is 9.33. The SMILES string of the molecule is C[C@H]1CNCCN1Cc1cn(-c2ccccc2)nn1.Cl. The zero-order valence-corrected chi connectivity index (χ0v) is 12.4. The largest absolute Gasteiger partial charge is 0.314 e. The van der Waals surface area contributed by atoms with E-state index in [4.69, 9.17) is 0 Å². The summed E-state index contributed by atoms with van der Waals surface area (Å²) in [5.41, 5.74) is 2.08. The molecule has 5 nitrogen and oxygen atoms in total. The average molecular weight is 294 g/mol. The Morgan fingerprint density at radius 3 is 2.85 bits per heavy atom. The molecule has 0 aliphatic carbocycles. The number of nitrogens with one attached hydrogen (secondary N) is 1. The summed E-state index contributed by atoms with van der Waals surface area (Å²) in [4.78, 5) is 2.44. The zero-order chi connectivity index (χ0) is 13.1. The first kappa shape index (κ1) is 15.0. The van der Waals surface area contributed by atoms with E-state index < -0.39 is 0 Å². The Morgan fingerprint density at radius 1 is 1.30 bits per heavy atom. The Bertz CT molecular complexity index is 527. The van der Waals surface area contributed by atoms with Gasteiger partial charge in [0.1, 0.15) is 0 Å². The van der Waals surface area contributed by atoms with Crippen LogP contribution in [0.4, 0.5) is 0 Å². The van der Waals surface area contributed by atoms with Gasteiger partial charge in [0, 0.05) is 32.2 Å². The summed E-state index contributed by atoms with van der Waals surface area (Å²) >= 11 is 0. The van der Waals surface area contributed by atoms with Crippen LogP contribution in [0, 0.1) is 0 Å². The second-order valence-electron chi connectivity index (χ2n) is 5.01. The van der Waals surface area contributed by atoms with E-state index in [0.29, 0.717) is 6.04 Å². The van der Waals surface area contributed by atoms with Gasteiger partial charge in [0.15, 0.2) is 0 Å². The van der Waals surface area contributed by atoms with Gasteiger partial charge in [-0.2, -0.15) is 0 Å². The zero-order valence-electron chi connectivity index (χ0n) is 11.6. The minimum atomic E-state index is 0. The molecule has 1 aliphatic rings. The topological polar surface area (TPSA) is 46.0 Å². The van der Waals surface area contributed by atoms with Crippen LogP contribution >= 0.6 is 12.4 Å². The fourth-order valence-electron chi connectivity index (χ4n) is 2.40. The van der Waals surface area contributed by atoms with E-state index in [0.717, 1.165) is 37.6 Å². The molecule has 1 fully saturated rings. The van der Waals surface area contributed by atoms with Gasteiger partial charge in [-0.1, -0.05) is 23.4 Å². The molecule has 2 heterocycles. The summed E-state index contributed by atoms with van der Waals surface area (Å²) in [7, 11) is 0. The highest BCUT2D eigenvalue weighted by atomic mass is 35.5. The normalized spacial score (nSPS) is 19.6. The van der Waals surface area contributed by atoms with Crippen LogP contribution in [0.3, 0.4) is 0 Å². The number of halogens is 1. The smallest absolute Gasteiger partial charge is 0.0971 e. The molecule has 1 atom stereocenters. The lowest BCUT2D eigenvalue weighted by Gasteiger charge is -2.33. The van der Waals surface area contributed by atoms with Gasteiger partial charge in [0.25, 0.3) is 0 Å². The molecule has 0 saturated carbocycles. The van der Waals surface area contributed by atoms with Gasteiger partial charge in [-0.3, -0.25) is 4.90 Å². The highest BCUT2D eigenvalue weighted by Gasteiger charge is 2.18. The molecule has 1 aliphatic heterocycles. The number of rotatable bonds is 3. The predicted molar refractivity (Wildman–Crippen MR) is 81.3 cm³/mol. The van der Waals surface area contributed by atoms with Gasteiger partial charge >= 0.3 is 0 Å². The Kier molecular flexibility index (Phi) is 5.11. The van der Waals surface area contributed by atoms with Crippen molar-refractivity contribution in [3.8, 4) is 5.69 Å². The fraction of sp³-hybridized carbons (Fsp3) is 0.429. The number of nitrogens with zero attached hydrogens (tertiary/aromatic N) is 4. The van der Waals surface area contributed by atoms with E-state index in [-0.39, 0.29) is 12.4 Å². The molecule has 3 rings (SSSR count). The van der Waals surface area contributed by atoms with Crippen LogP contribution in [0.25, 0.3) is 5.69 Å². The lowest BCUT2D eigenvalue weighted by Crippen LogP contribution is -2.49. The second kappa shape index (κ2) is 6.83. The highest BCUT2D eigenvalue weighted by molar-refractivity contribution is 5.85. The molecule has 1 aromatic heterocycles. The standard InChI is InChI=1S/C14H19N5.ClH/c1-12-9-15-7-8-18(12)10-13-11-19(17-16-13)14-5-3-2-4-6-14;/h2-6,11-12,15H,7-10H2,1H3;1H/t12-;/m0./s1. The van der Waals surface area contributed by atoms with Crippen LogP contribution in [-0.4, -0.2) is 45.6 Å². The van der Waals surface area contributed by atoms with Crippen LogP contribution < -0.4 is 5.32 Å². The molecule has 0 unspecified atom stereocenters. The molecule has 1 saturated heterocycles. The van der Waals surface area contributed by atoms with Gasteiger partial charge < -0.3 is 5.32 Å². The lowest BCUT2D eigenvalue weighted by molar-refractivity contribution is 0.163. The molecule has 0 radical (unpaired) electrons. The quantitative estimate of drug-likeness (QED) is 0.931. The first-order valence-corrected chi connectivity index (χ1v) is 6.74. The molecule has 0 bridgehead atoms. The molecule has 0 spiro atoms. The van der Waals surface area contributed by atoms with Crippen LogP contribution in [0.2, 0.25) is 0 Å². The van der Waals surface area contributed by atoms with Crippen LogP contribution in [-0.2, 0) is 6.54 Å². The number of para-hydroxylation sites is 1. The van der Waals surface area contributed by atoms with Gasteiger partial charge in [-0.25, -0.2) is 4.68 Å². The molecular formula is C14H20ClN5. The molecule has 108 valence electrons. The second-order valence-corrected chi connectivity index (χ2v) is 5.01. The van der Waals surface area contributed by atoms with Crippen LogP contribution in [0.1, 0.15) is 12.6 Å². The van der Waals surface area contributed by atoms with Gasteiger partial charge in [-0.05, 0) is 19.1 Å². The minimum Gasteiger partial charge on any atom is -0.314 e. The summed E-state index contributed by atoms with van der Waals surface area (Å²) in [6.45, 7) is 6.28. The van der Waals surface area contributed by atoms with Crippen molar-refractivity contribution in [3.63, 3.8) is 0 Å². The van der Waals surface area contributed by atoms with E-state index in [1.165, 1.54) is 0 Å². The Morgan fingerprint density at radius 2 is 2.10 bits per heavy atom. The Hall–Kier alpha value is -1.43. The summed E-state index contributed by atoms with van der Waals surface area (Å²) in [6.07, 6.45) is 2.02. The van der Waals surface area contributed by atoms with Crippen molar-refractivity contribution in [2.45, 2.75) is 19.5 Å². The highest BCUT2D eigenvalue weighted by Crippen LogP contribution is 2.10. The molecule has 20 heavy (non-hydrogen) atoms. The van der Waals surface area contributed by atoms with Crippen molar-refractivity contribution >= 4 is 12.4 Å². The fourth-order valence-corrected chi connectivity index (χ4v) is 2.40. The first-order valence-electron chi connectivity index (χ1n) is 6.74. The number of aromatic nitrogens is 3. The summed E-state index contributed by atoms with van der Waals surface area (Å²) in [5, 5.41) is 11.9. The van der Waals surface area contributed by atoms with Crippen molar-refractivity contribution < 1.29 is 0 Å². The molecule has 1 aromatic carbocycles. The third-order valence-electron chi connectivity index (χ3n) is 3.57. The Balaban J connectivity index is 0.00000147. The Labute approximate surface area is 125 Å². The molecule has 6 heteroatoms. The third-order valence-corrected chi connectivity index (χ3v) is 3.57. The minimum absolute atomic E-state index is 0. The summed E-state index contributed by atoms with van der Waals surface area (Å²) < 4.78 is 1.84. The third kappa shape index (κ3) is 3.36. The van der Waals surface area contributed by atoms with Crippen molar-refractivity contribution in [3.05, 3.63) is 42.2 Å². The van der Waals surface area contributed by atoms with E-state index in [9.17, 15) is 0 Å². The van der Waals surface area contributed by atoms with Crippen LogP contribution in [0.15, 0.2) is 36.5 Å². The van der Waals surface area contributed by atoms with Gasteiger partial charge in [-0.15, -0.1) is 17.5 Å². The van der Waals surface area contributed by atoms with Crippen molar-refractivity contribution in [1.29, 1.82) is 0 Å². The van der Waals surface area contributed by atoms with Crippen LogP contribution in [0.5, 0.6) is 0 Å². The monoisotopic (exact) mass is 293 g/mol. The van der Waals surface area contributed by atoms with Gasteiger partial charge in [0.05, 0.1) is 17.6 Å². The lowest BCUT2D eigenvalue weighted by atomic mass is 10.2.